The van der Waals surface area contributed by atoms with Crippen molar-refractivity contribution in [2.75, 3.05) is 6.61 Å². The van der Waals surface area contributed by atoms with E-state index in [4.69, 9.17) is 9.84 Å². The molecule has 0 heterocycles. The monoisotopic (exact) mass is 217 g/mol. The van der Waals surface area contributed by atoms with Gasteiger partial charge in [0, 0.05) is 0 Å². The molecule has 0 saturated heterocycles. The second kappa shape index (κ2) is 4.84. The standard InChI is InChI=1S/C11H23NO3/c1-10(2,3)8(7-13)12-9(14)15-11(4,5)6/h8,13H,7H2,1-6H3,(H,12,14)/t8-/m0/s1. The van der Waals surface area contributed by atoms with Crippen LogP contribution in [0.3, 0.4) is 0 Å². The lowest BCUT2D eigenvalue weighted by atomic mass is 9.87. The van der Waals surface area contributed by atoms with E-state index in [2.05, 4.69) is 5.32 Å². The van der Waals surface area contributed by atoms with Crippen LogP contribution in [0.1, 0.15) is 41.5 Å². The van der Waals surface area contributed by atoms with Gasteiger partial charge in [0.15, 0.2) is 0 Å². The Balaban J connectivity index is 4.27. The largest absolute Gasteiger partial charge is 0.444 e. The van der Waals surface area contributed by atoms with Crippen molar-refractivity contribution in [2.24, 2.45) is 5.41 Å². The molecule has 0 rings (SSSR count). The second-order valence-corrected chi connectivity index (χ2v) is 5.75. The molecule has 0 spiro atoms. The van der Waals surface area contributed by atoms with Gasteiger partial charge in [-0.25, -0.2) is 4.79 Å². The summed E-state index contributed by atoms with van der Waals surface area (Å²) in [5.41, 5.74) is -0.701. The molecule has 0 unspecified atom stereocenters. The third-order valence-corrected chi connectivity index (χ3v) is 1.92. The van der Waals surface area contributed by atoms with Crippen LogP contribution in [0.4, 0.5) is 4.79 Å². The molecular weight excluding hydrogens is 194 g/mol. The van der Waals surface area contributed by atoms with Gasteiger partial charge in [0.05, 0.1) is 12.6 Å². The third-order valence-electron chi connectivity index (χ3n) is 1.92. The summed E-state index contributed by atoms with van der Waals surface area (Å²) >= 11 is 0. The molecule has 0 aromatic heterocycles. The number of ether oxygens (including phenoxy) is 1. The highest BCUT2D eigenvalue weighted by Crippen LogP contribution is 2.19. The van der Waals surface area contributed by atoms with Crippen LogP contribution >= 0.6 is 0 Å². The van der Waals surface area contributed by atoms with Crippen molar-refractivity contribution in [2.45, 2.75) is 53.2 Å². The van der Waals surface area contributed by atoms with Crippen molar-refractivity contribution in [1.29, 1.82) is 0 Å². The zero-order valence-corrected chi connectivity index (χ0v) is 10.5. The molecule has 4 nitrogen and oxygen atoms in total. The molecule has 0 bridgehead atoms. The molecule has 1 atom stereocenters. The highest BCUT2D eigenvalue weighted by molar-refractivity contribution is 5.68. The Bertz CT molecular complexity index is 213. The Kier molecular flexibility index (Phi) is 4.59. The van der Waals surface area contributed by atoms with Gasteiger partial charge < -0.3 is 15.2 Å². The summed E-state index contributed by atoms with van der Waals surface area (Å²) in [7, 11) is 0. The predicted molar refractivity (Wildman–Crippen MR) is 59.7 cm³/mol. The number of nitrogens with one attached hydrogen (secondary N) is 1. The van der Waals surface area contributed by atoms with Gasteiger partial charge >= 0.3 is 6.09 Å². The number of amides is 1. The van der Waals surface area contributed by atoms with Gasteiger partial charge in [0.2, 0.25) is 0 Å². The van der Waals surface area contributed by atoms with Crippen LogP contribution in [0.2, 0.25) is 0 Å². The van der Waals surface area contributed by atoms with Crippen molar-refractivity contribution >= 4 is 6.09 Å². The topological polar surface area (TPSA) is 58.6 Å². The Morgan fingerprint density at radius 1 is 1.27 bits per heavy atom. The summed E-state index contributed by atoms with van der Waals surface area (Å²) < 4.78 is 5.10. The fourth-order valence-electron chi connectivity index (χ4n) is 0.986. The average Bonchev–Trinajstić information content (AvgIpc) is 1.94. The molecule has 15 heavy (non-hydrogen) atoms. The molecule has 0 aliphatic heterocycles. The number of alkyl carbamates (subject to hydrolysis) is 1. The minimum Gasteiger partial charge on any atom is -0.444 e. The van der Waals surface area contributed by atoms with E-state index in [-0.39, 0.29) is 18.1 Å². The number of rotatable bonds is 2. The molecule has 2 N–H and O–H groups in total. The van der Waals surface area contributed by atoms with Crippen molar-refractivity contribution < 1.29 is 14.6 Å². The van der Waals surface area contributed by atoms with E-state index in [9.17, 15) is 4.79 Å². The quantitative estimate of drug-likeness (QED) is 0.743. The predicted octanol–water partition coefficient (Wildman–Crippen LogP) is 1.92. The normalized spacial score (nSPS) is 14.6. The molecule has 0 radical (unpaired) electrons. The molecule has 1 amide bonds. The van der Waals surface area contributed by atoms with Crippen LogP contribution in [0, 0.1) is 5.41 Å². The number of hydrogen-bond acceptors (Lipinski definition) is 3. The average molecular weight is 217 g/mol. The van der Waals surface area contributed by atoms with Crippen molar-refractivity contribution in [3.63, 3.8) is 0 Å². The van der Waals surface area contributed by atoms with Crippen LogP contribution in [0.25, 0.3) is 0 Å². The summed E-state index contributed by atoms with van der Waals surface area (Å²) in [6, 6.07) is -0.299. The smallest absolute Gasteiger partial charge is 0.407 e. The molecule has 0 aromatic carbocycles. The van der Waals surface area contributed by atoms with E-state index >= 15 is 0 Å². The molecule has 0 saturated carbocycles. The van der Waals surface area contributed by atoms with Crippen LogP contribution < -0.4 is 5.32 Å². The maximum absolute atomic E-state index is 11.4. The SMILES string of the molecule is CC(C)(C)OC(=O)N[C@@H](CO)C(C)(C)C. The van der Waals surface area contributed by atoms with E-state index in [0.717, 1.165) is 0 Å². The lowest BCUT2D eigenvalue weighted by Gasteiger charge is -2.30. The first-order valence-electron chi connectivity index (χ1n) is 5.16. The van der Waals surface area contributed by atoms with Crippen molar-refractivity contribution in [3.8, 4) is 0 Å². The van der Waals surface area contributed by atoms with Gasteiger partial charge in [-0.1, -0.05) is 20.8 Å². The minimum absolute atomic E-state index is 0.0945. The third kappa shape index (κ3) is 6.33. The van der Waals surface area contributed by atoms with E-state index in [0.29, 0.717) is 0 Å². The Hall–Kier alpha value is -0.770. The second-order valence-electron chi connectivity index (χ2n) is 5.75. The van der Waals surface area contributed by atoms with Crippen LogP contribution in [0.5, 0.6) is 0 Å². The fraction of sp³-hybridized carbons (Fsp3) is 0.909. The number of hydrogen-bond donors (Lipinski definition) is 2. The summed E-state index contributed by atoms with van der Waals surface area (Å²) in [4.78, 5) is 11.4. The first-order valence-corrected chi connectivity index (χ1v) is 5.16. The summed E-state index contributed by atoms with van der Waals surface area (Å²) in [6.45, 7) is 11.2. The number of aliphatic hydroxyl groups excluding tert-OH is 1. The maximum atomic E-state index is 11.4. The molecular formula is C11H23NO3. The molecule has 90 valence electrons. The molecule has 0 aliphatic rings. The van der Waals surface area contributed by atoms with E-state index in [1.165, 1.54) is 0 Å². The molecule has 0 aromatic rings. The van der Waals surface area contributed by atoms with Gasteiger partial charge in [-0.3, -0.25) is 0 Å². The fourth-order valence-corrected chi connectivity index (χ4v) is 0.986. The van der Waals surface area contributed by atoms with Gasteiger partial charge in [0.25, 0.3) is 0 Å². The van der Waals surface area contributed by atoms with Crippen LogP contribution in [-0.2, 0) is 4.74 Å². The lowest BCUT2D eigenvalue weighted by Crippen LogP contribution is -2.47. The Morgan fingerprint density at radius 3 is 2.00 bits per heavy atom. The molecule has 0 aliphatic carbocycles. The highest BCUT2D eigenvalue weighted by Gasteiger charge is 2.27. The van der Waals surface area contributed by atoms with Crippen molar-refractivity contribution in [1.82, 2.24) is 5.32 Å². The maximum Gasteiger partial charge on any atom is 0.407 e. The first kappa shape index (κ1) is 14.2. The highest BCUT2D eigenvalue weighted by atomic mass is 16.6. The van der Waals surface area contributed by atoms with E-state index in [1.54, 1.807) is 20.8 Å². The zero-order valence-electron chi connectivity index (χ0n) is 10.5. The number of aliphatic hydroxyl groups is 1. The molecule has 4 heteroatoms. The molecule has 0 fully saturated rings. The summed E-state index contributed by atoms with van der Waals surface area (Å²) in [5.74, 6) is 0. The summed E-state index contributed by atoms with van der Waals surface area (Å²) in [6.07, 6.45) is -0.489. The Morgan fingerprint density at radius 2 is 1.73 bits per heavy atom. The number of carbonyl (C=O) groups is 1. The minimum atomic E-state index is -0.512. The van der Waals surface area contributed by atoms with Crippen molar-refractivity contribution in [3.05, 3.63) is 0 Å². The number of carbonyl (C=O) groups excluding carboxylic acids is 1. The van der Waals surface area contributed by atoms with Crippen LogP contribution in [-0.4, -0.2) is 29.4 Å². The first-order chi connectivity index (χ1) is 6.56. The van der Waals surface area contributed by atoms with E-state index in [1.807, 2.05) is 20.8 Å². The lowest BCUT2D eigenvalue weighted by molar-refractivity contribution is 0.0419. The van der Waals surface area contributed by atoms with Gasteiger partial charge in [-0.2, -0.15) is 0 Å². The van der Waals surface area contributed by atoms with Crippen LogP contribution in [0.15, 0.2) is 0 Å². The van der Waals surface area contributed by atoms with E-state index < -0.39 is 11.7 Å². The van der Waals surface area contributed by atoms with Gasteiger partial charge in [-0.15, -0.1) is 0 Å². The van der Waals surface area contributed by atoms with Gasteiger partial charge in [-0.05, 0) is 26.2 Å². The summed E-state index contributed by atoms with van der Waals surface area (Å²) in [5, 5.41) is 11.8. The zero-order chi connectivity index (χ0) is 12.3. The Labute approximate surface area is 92.0 Å². The van der Waals surface area contributed by atoms with Gasteiger partial charge in [0.1, 0.15) is 5.60 Å².